The Labute approximate surface area is 217 Å². The normalized spacial score (nSPS) is 12.1. The molecule has 5 rings (SSSR count). The molecule has 0 saturated carbocycles. The molecule has 2 heterocycles. The van der Waals surface area contributed by atoms with Crippen molar-refractivity contribution in [2.75, 3.05) is 6.26 Å². The number of alkyl halides is 3. The highest BCUT2D eigenvalue weighted by atomic mass is 32.2. The highest BCUT2D eigenvalue weighted by Crippen LogP contribution is 2.33. The smallest absolute Gasteiger partial charge is 0.416 e. The molecule has 0 aliphatic rings. The first-order chi connectivity index (χ1) is 18.4. The zero-order chi connectivity index (χ0) is 27.9. The quantitative estimate of drug-likeness (QED) is 0.245. The molecule has 8 nitrogen and oxygen atoms in total. The van der Waals surface area contributed by atoms with E-state index in [1.54, 1.807) is 0 Å². The van der Waals surface area contributed by atoms with Crippen molar-refractivity contribution in [3.63, 3.8) is 0 Å². The minimum absolute atomic E-state index is 0.0164. The summed E-state index contributed by atoms with van der Waals surface area (Å²) in [5.41, 5.74) is -0.850. The van der Waals surface area contributed by atoms with Crippen LogP contribution in [0.15, 0.2) is 85.6 Å². The van der Waals surface area contributed by atoms with Crippen LogP contribution in [0.5, 0.6) is 5.75 Å². The predicted molar refractivity (Wildman–Crippen MR) is 130 cm³/mol. The van der Waals surface area contributed by atoms with Crippen molar-refractivity contribution in [3.8, 4) is 28.3 Å². The fourth-order valence-electron chi connectivity index (χ4n) is 3.73. The molecule has 0 N–H and O–H groups in total. The van der Waals surface area contributed by atoms with Crippen molar-refractivity contribution < 1.29 is 39.7 Å². The summed E-state index contributed by atoms with van der Waals surface area (Å²) >= 11 is 0. The topological polar surface area (TPSA) is 112 Å². The van der Waals surface area contributed by atoms with Gasteiger partial charge in [0.25, 0.3) is 5.89 Å². The Balaban J connectivity index is 1.34. The molecule has 0 aliphatic heterocycles. The second kappa shape index (κ2) is 9.66. The Hall–Kier alpha value is -4.52. The van der Waals surface area contributed by atoms with Crippen molar-refractivity contribution in [1.29, 1.82) is 0 Å². The lowest BCUT2D eigenvalue weighted by Crippen LogP contribution is -2.06. The molecule has 0 bridgehead atoms. The van der Waals surface area contributed by atoms with Gasteiger partial charge in [0.2, 0.25) is 5.82 Å². The summed E-state index contributed by atoms with van der Waals surface area (Å²) in [4.78, 5) is 17.1. The summed E-state index contributed by atoms with van der Waals surface area (Å²) in [7, 11) is -3.39. The Morgan fingerprint density at radius 1 is 0.974 bits per heavy atom. The van der Waals surface area contributed by atoms with Crippen LogP contribution in [-0.2, 0) is 22.6 Å². The Morgan fingerprint density at radius 3 is 2.41 bits per heavy atom. The van der Waals surface area contributed by atoms with Crippen LogP contribution in [0.25, 0.3) is 33.6 Å². The van der Waals surface area contributed by atoms with Crippen LogP contribution in [0.4, 0.5) is 17.6 Å². The number of hydrogen-bond donors (Lipinski definition) is 0. The molecule has 0 fully saturated rings. The summed E-state index contributed by atoms with van der Waals surface area (Å²) in [5.74, 6) is -1.17. The van der Waals surface area contributed by atoms with E-state index in [2.05, 4.69) is 10.1 Å². The van der Waals surface area contributed by atoms with Crippen molar-refractivity contribution in [2.45, 2.75) is 17.7 Å². The number of ether oxygens (including phenoxy) is 1. The molecule has 39 heavy (non-hydrogen) atoms. The van der Waals surface area contributed by atoms with Gasteiger partial charge in [-0.05, 0) is 48.0 Å². The summed E-state index contributed by atoms with van der Waals surface area (Å²) in [6.07, 6.45) is -2.41. The largest absolute Gasteiger partial charge is 0.485 e. The fraction of sp³-hybridized carbons (Fsp3) is 0.115. The first kappa shape index (κ1) is 26.1. The SMILES string of the molecule is CS(=O)(=O)c1ccc(-c2coc3cc(OCc4noc(-c5cc(F)cc(C(F)(F)F)c5)n4)ccc3c2=O)cc1. The van der Waals surface area contributed by atoms with E-state index in [0.29, 0.717) is 17.7 Å². The molecule has 0 unspecified atom stereocenters. The monoisotopic (exact) mass is 560 g/mol. The van der Waals surface area contributed by atoms with Gasteiger partial charge in [-0.1, -0.05) is 17.3 Å². The number of benzene rings is 3. The Bertz CT molecular complexity index is 1860. The summed E-state index contributed by atoms with van der Waals surface area (Å²) in [6, 6.07) is 12.2. The molecule has 0 spiro atoms. The highest BCUT2D eigenvalue weighted by molar-refractivity contribution is 7.90. The van der Waals surface area contributed by atoms with Crippen LogP contribution in [0, 0.1) is 5.82 Å². The third-order valence-corrected chi connectivity index (χ3v) is 6.78. The zero-order valence-electron chi connectivity index (χ0n) is 19.8. The van der Waals surface area contributed by atoms with Gasteiger partial charge in [0.1, 0.15) is 23.4 Å². The van der Waals surface area contributed by atoms with Gasteiger partial charge in [-0.3, -0.25) is 4.79 Å². The average Bonchev–Trinajstić information content (AvgIpc) is 3.36. The lowest BCUT2D eigenvalue weighted by atomic mass is 10.1. The van der Waals surface area contributed by atoms with Crippen molar-refractivity contribution >= 4 is 20.8 Å². The van der Waals surface area contributed by atoms with Crippen LogP contribution >= 0.6 is 0 Å². The second-order valence-corrected chi connectivity index (χ2v) is 10.5. The summed E-state index contributed by atoms with van der Waals surface area (Å²) < 4.78 is 92.1. The van der Waals surface area contributed by atoms with Gasteiger partial charge in [-0.15, -0.1) is 0 Å². The summed E-state index contributed by atoms with van der Waals surface area (Å²) in [6.45, 7) is -0.245. The molecular formula is C26H16F4N2O6S. The molecular weight excluding hydrogens is 544 g/mol. The molecule has 0 amide bonds. The maximum absolute atomic E-state index is 13.7. The van der Waals surface area contributed by atoms with E-state index in [9.17, 15) is 30.8 Å². The van der Waals surface area contributed by atoms with Crippen LogP contribution in [-0.4, -0.2) is 24.8 Å². The standard InChI is InChI=1S/C26H16F4N2O6S/c1-39(34,35)19-5-2-14(3-6-19)21-12-37-22-11-18(4-7-20(22)24(21)33)36-13-23-31-25(38-32-23)15-8-16(26(28,29)30)10-17(27)9-15/h2-12H,13H2,1H3. The van der Waals surface area contributed by atoms with E-state index in [0.717, 1.165) is 12.3 Å². The first-order valence-corrected chi connectivity index (χ1v) is 13.0. The van der Waals surface area contributed by atoms with Gasteiger partial charge >= 0.3 is 6.18 Å². The van der Waals surface area contributed by atoms with Crippen LogP contribution in [0.1, 0.15) is 11.4 Å². The van der Waals surface area contributed by atoms with Crippen molar-refractivity contribution in [3.05, 3.63) is 94.4 Å². The number of halogens is 4. The van der Waals surface area contributed by atoms with E-state index >= 15 is 0 Å². The number of nitrogens with zero attached hydrogens (tertiary/aromatic N) is 2. The fourth-order valence-corrected chi connectivity index (χ4v) is 4.36. The third-order valence-electron chi connectivity index (χ3n) is 5.65. The number of sulfone groups is 1. The lowest BCUT2D eigenvalue weighted by Gasteiger charge is -2.07. The highest BCUT2D eigenvalue weighted by Gasteiger charge is 2.32. The minimum Gasteiger partial charge on any atom is -0.485 e. The molecule has 0 radical (unpaired) electrons. The third kappa shape index (κ3) is 5.53. The van der Waals surface area contributed by atoms with E-state index in [1.807, 2.05) is 0 Å². The molecule has 0 atom stereocenters. The number of hydrogen-bond acceptors (Lipinski definition) is 8. The molecule has 0 aliphatic carbocycles. The molecule has 200 valence electrons. The number of rotatable bonds is 6. The van der Waals surface area contributed by atoms with Gasteiger partial charge in [0.15, 0.2) is 21.9 Å². The Morgan fingerprint density at radius 2 is 1.72 bits per heavy atom. The van der Waals surface area contributed by atoms with E-state index in [1.165, 1.54) is 48.7 Å². The van der Waals surface area contributed by atoms with Crippen LogP contribution < -0.4 is 10.2 Å². The van der Waals surface area contributed by atoms with Crippen molar-refractivity contribution in [2.24, 2.45) is 0 Å². The molecule has 13 heteroatoms. The molecule has 5 aromatic rings. The van der Waals surface area contributed by atoms with Gasteiger partial charge in [0, 0.05) is 17.9 Å². The number of aromatic nitrogens is 2. The average molecular weight is 560 g/mol. The van der Waals surface area contributed by atoms with Gasteiger partial charge < -0.3 is 13.7 Å². The predicted octanol–water partition coefficient (Wildman–Crippen LogP) is 5.65. The minimum atomic E-state index is -4.75. The number of fused-ring (bicyclic) bond motifs is 1. The van der Waals surface area contributed by atoms with Gasteiger partial charge in [-0.2, -0.15) is 18.2 Å². The zero-order valence-corrected chi connectivity index (χ0v) is 20.6. The maximum atomic E-state index is 13.7. The molecule has 3 aromatic carbocycles. The molecule has 0 saturated heterocycles. The van der Waals surface area contributed by atoms with Gasteiger partial charge in [0.05, 0.1) is 21.4 Å². The second-order valence-electron chi connectivity index (χ2n) is 8.46. The maximum Gasteiger partial charge on any atom is 0.416 e. The van der Waals surface area contributed by atoms with E-state index in [-0.39, 0.29) is 56.5 Å². The van der Waals surface area contributed by atoms with Crippen LogP contribution in [0.2, 0.25) is 0 Å². The van der Waals surface area contributed by atoms with Crippen LogP contribution in [0.3, 0.4) is 0 Å². The Kier molecular flexibility index (Phi) is 6.46. The molecule has 2 aromatic heterocycles. The van der Waals surface area contributed by atoms with Crippen molar-refractivity contribution in [1.82, 2.24) is 10.1 Å². The lowest BCUT2D eigenvalue weighted by molar-refractivity contribution is -0.137. The van der Waals surface area contributed by atoms with Gasteiger partial charge in [-0.25, -0.2) is 12.8 Å². The first-order valence-electron chi connectivity index (χ1n) is 11.1. The summed E-state index contributed by atoms with van der Waals surface area (Å²) in [5, 5.41) is 3.90. The van der Waals surface area contributed by atoms with E-state index in [4.69, 9.17) is 13.7 Å². The van der Waals surface area contributed by atoms with E-state index < -0.39 is 27.4 Å².